The van der Waals surface area contributed by atoms with Crippen molar-refractivity contribution < 1.29 is 4.74 Å². The van der Waals surface area contributed by atoms with Gasteiger partial charge in [0, 0.05) is 0 Å². The van der Waals surface area contributed by atoms with Crippen LogP contribution in [0.4, 0.5) is 0 Å². The number of ether oxygens (including phenoxy) is 1. The van der Waals surface area contributed by atoms with Crippen LogP contribution in [0.2, 0.25) is 0 Å². The van der Waals surface area contributed by atoms with Gasteiger partial charge in [-0.1, -0.05) is 30.3 Å². The summed E-state index contributed by atoms with van der Waals surface area (Å²) in [5.74, 6) is 0. The Kier molecular flexibility index (Phi) is 2.07. The number of alkyl halides is 1. The van der Waals surface area contributed by atoms with Crippen molar-refractivity contribution in [1.29, 1.82) is 0 Å². The van der Waals surface area contributed by atoms with Crippen molar-refractivity contribution in [2.24, 2.45) is 0 Å². The molecule has 1 aromatic carbocycles. The molecule has 3 atom stereocenters. The molecule has 1 saturated heterocycles. The molecular formula is C10H11ClO. The van der Waals surface area contributed by atoms with E-state index in [1.165, 1.54) is 5.56 Å². The van der Waals surface area contributed by atoms with Crippen molar-refractivity contribution in [2.45, 2.75) is 24.5 Å². The van der Waals surface area contributed by atoms with Crippen LogP contribution in [0, 0.1) is 0 Å². The van der Waals surface area contributed by atoms with E-state index in [4.69, 9.17) is 16.3 Å². The van der Waals surface area contributed by atoms with Gasteiger partial charge in [-0.2, -0.15) is 0 Å². The van der Waals surface area contributed by atoms with Crippen LogP contribution in [-0.2, 0) is 4.74 Å². The van der Waals surface area contributed by atoms with Gasteiger partial charge in [-0.15, -0.1) is 11.6 Å². The summed E-state index contributed by atoms with van der Waals surface area (Å²) in [6, 6.07) is 10.2. The van der Waals surface area contributed by atoms with E-state index >= 15 is 0 Å². The molecule has 2 rings (SSSR count). The highest BCUT2D eigenvalue weighted by molar-refractivity contribution is 6.21. The standard InChI is InChI=1S/C10H11ClO/c1-7(11)9-10(12-9)8-5-3-2-4-6-8/h2-7,9-10H,1H3/t7-,9-,10+/m0/s1. The number of rotatable bonds is 2. The van der Waals surface area contributed by atoms with Crippen molar-refractivity contribution in [3.05, 3.63) is 35.9 Å². The lowest BCUT2D eigenvalue weighted by Crippen LogP contribution is -2.01. The van der Waals surface area contributed by atoms with Crippen LogP contribution in [0.3, 0.4) is 0 Å². The fraction of sp³-hybridized carbons (Fsp3) is 0.400. The summed E-state index contributed by atoms with van der Waals surface area (Å²) in [5, 5.41) is 0.107. The van der Waals surface area contributed by atoms with E-state index in [0.29, 0.717) is 0 Å². The third-order valence-corrected chi connectivity index (χ3v) is 2.35. The summed E-state index contributed by atoms with van der Waals surface area (Å²) < 4.78 is 5.43. The predicted octanol–water partition coefficient (Wildman–Crippen LogP) is 2.75. The molecule has 64 valence electrons. The van der Waals surface area contributed by atoms with E-state index in [2.05, 4.69) is 12.1 Å². The summed E-state index contributed by atoms with van der Waals surface area (Å²) >= 11 is 5.89. The Morgan fingerprint density at radius 3 is 2.50 bits per heavy atom. The molecule has 0 aliphatic carbocycles. The highest BCUT2D eigenvalue weighted by Gasteiger charge is 2.43. The van der Waals surface area contributed by atoms with Crippen molar-refractivity contribution in [1.82, 2.24) is 0 Å². The third-order valence-electron chi connectivity index (χ3n) is 2.11. The molecule has 0 spiro atoms. The molecule has 1 aliphatic heterocycles. The monoisotopic (exact) mass is 182 g/mol. The second-order valence-corrected chi connectivity index (χ2v) is 3.80. The molecule has 1 aliphatic rings. The van der Waals surface area contributed by atoms with Gasteiger partial charge in [0.2, 0.25) is 0 Å². The van der Waals surface area contributed by atoms with Crippen LogP contribution in [0.15, 0.2) is 30.3 Å². The van der Waals surface area contributed by atoms with Crippen molar-refractivity contribution in [3.63, 3.8) is 0 Å². The average Bonchev–Trinajstić information content (AvgIpc) is 2.84. The van der Waals surface area contributed by atoms with Crippen molar-refractivity contribution >= 4 is 11.6 Å². The summed E-state index contributed by atoms with van der Waals surface area (Å²) in [6.07, 6.45) is 0.452. The Morgan fingerprint density at radius 2 is 2.00 bits per heavy atom. The normalized spacial score (nSPS) is 29.8. The van der Waals surface area contributed by atoms with Gasteiger partial charge in [0.15, 0.2) is 0 Å². The maximum Gasteiger partial charge on any atom is 0.111 e. The van der Waals surface area contributed by atoms with Gasteiger partial charge < -0.3 is 4.74 Å². The maximum absolute atomic E-state index is 5.89. The maximum atomic E-state index is 5.89. The molecule has 0 bridgehead atoms. The zero-order valence-corrected chi connectivity index (χ0v) is 7.66. The van der Waals surface area contributed by atoms with E-state index in [0.717, 1.165) is 0 Å². The Bertz CT molecular complexity index is 258. The van der Waals surface area contributed by atoms with Gasteiger partial charge in [-0.05, 0) is 12.5 Å². The van der Waals surface area contributed by atoms with Gasteiger partial charge >= 0.3 is 0 Å². The largest absolute Gasteiger partial charge is 0.363 e. The Morgan fingerprint density at radius 1 is 1.33 bits per heavy atom. The topological polar surface area (TPSA) is 12.5 Å². The van der Waals surface area contributed by atoms with E-state index in [1.807, 2.05) is 25.1 Å². The Labute approximate surface area is 77.3 Å². The van der Waals surface area contributed by atoms with Gasteiger partial charge in [0.05, 0.1) is 5.38 Å². The molecule has 1 heterocycles. The summed E-state index contributed by atoms with van der Waals surface area (Å²) in [6.45, 7) is 1.97. The SMILES string of the molecule is C[C@H](Cl)[C@@H]1O[C@@H]1c1ccccc1. The first-order chi connectivity index (χ1) is 5.79. The fourth-order valence-electron chi connectivity index (χ4n) is 1.38. The van der Waals surface area contributed by atoms with Gasteiger partial charge in [-0.3, -0.25) is 0 Å². The minimum atomic E-state index is 0.107. The first-order valence-electron chi connectivity index (χ1n) is 4.13. The van der Waals surface area contributed by atoms with E-state index < -0.39 is 0 Å². The van der Waals surface area contributed by atoms with Crippen LogP contribution < -0.4 is 0 Å². The zero-order valence-electron chi connectivity index (χ0n) is 6.91. The predicted molar refractivity (Wildman–Crippen MR) is 49.4 cm³/mol. The van der Waals surface area contributed by atoms with Crippen LogP contribution in [0.1, 0.15) is 18.6 Å². The fourth-order valence-corrected chi connectivity index (χ4v) is 1.58. The molecule has 0 radical (unpaired) electrons. The molecule has 12 heavy (non-hydrogen) atoms. The molecule has 0 amide bonds. The minimum absolute atomic E-state index is 0.107. The molecule has 1 aromatic rings. The number of epoxide rings is 1. The molecule has 2 heteroatoms. The first-order valence-corrected chi connectivity index (χ1v) is 4.57. The number of hydrogen-bond acceptors (Lipinski definition) is 1. The van der Waals surface area contributed by atoms with Crippen LogP contribution in [0.5, 0.6) is 0 Å². The smallest absolute Gasteiger partial charge is 0.111 e. The van der Waals surface area contributed by atoms with E-state index in [-0.39, 0.29) is 17.6 Å². The Hall–Kier alpha value is -0.530. The van der Waals surface area contributed by atoms with Crippen molar-refractivity contribution in [2.75, 3.05) is 0 Å². The number of halogens is 1. The molecule has 1 fully saturated rings. The lowest BCUT2D eigenvalue weighted by Gasteiger charge is -1.95. The molecular weight excluding hydrogens is 172 g/mol. The van der Waals surface area contributed by atoms with Crippen LogP contribution in [-0.4, -0.2) is 11.5 Å². The second-order valence-electron chi connectivity index (χ2n) is 3.11. The van der Waals surface area contributed by atoms with Crippen LogP contribution in [0.25, 0.3) is 0 Å². The second kappa shape index (κ2) is 3.08. The lowest BCUT2D eigenvalue weighted by atomic mass is 10.1. The quantitative estimate of drug-likeness (QED) is 0.506. The lowest BCUT2D eigenvalue weighted by molar-refractivity contribution is 0.372. The number of benzene rings is 1. The number of hydrogen-bond donors (Lipinski definition) is 0. The first kappa shape index (κ1) is 8.09. The molecule has 0 saturated carbocycles. The summed E-state index contributed by atoms with van der Waals surface area (Å²) in [4.78, 5) is 0. The van der Waals surface area contributed by atoms with Crippen LogP contribution >= 0.6 is 11.6 Å². The highest BCUT2D eigenvalue weighted by atomic mass is 35.5. The Balaban J connectivity index is 2.06. The molecule has 1 nitrogen and oxygen atoms in total. The van der Waals surface area contributed by atoms with Gasteiger partial charge in [0.25, 0.3) is 0 Å². The highest BCUT2D eigenvalue weighted by Crippen LogP contribution is 2.41. The van der Waals surface area contributed by atoms with Crippen molar-refractivity contribution in [3.8, 4) is 0 Å². The van der Waals surface area contributed by atoms with Gasteiger partial charge in [0.1, 0.15) is 12.2 Å². The summed E-state index contributed by atoms with van der Waals surface area (Å²) in [7, 11) is 0. The molecule has 0 N–H and O–H groups in total. The molecule has 0 unspecified atom stereocenters. The zero-order chi connectivity index (χ0) is 8.55. The van der Waals surface area contributed by atoms with E-state index in [9.17, 15) is 0 Å². The summed E-state index contributed by atoms with van der Waals surface area (Å²) in [5.41, 5.74) is 1.23. The molecule has 0 aromatic heterocycles. The van der Waals surface area contributed by atoms with E-state index in [1.54, 1.807) is 0 Å². The third kappa shape index (κ3) is 1.47. The van der Waals surface area contributed by atoms with Gasteiger partial charge in [-0.25, -0.2) is 0 Å². The minimum Gasteiger partial charge on any atom is -0.363 e. The average molecular weight is 183 g/mol.